The summed E-state index contributed by atoms with van der Waals surface area (Å²) in [5, 5.41) is 14.6. The number of aliphatic hydroxyl groups is 1. The van der Waals surface area contributed by atoms with E-state index in [9.17, 15) is 5.11 Å². The van der Waals surface area contributed by atoms with Gasteiger partial charge in [-0.3, -0.25) is 0 Å². The van der Waals surface area contributed by atoms with E-state index in [1.807, 2.05) is 0 Å². The summed E-state index contributed by atoms with van der Waals surface area (Å²) in [4.78, 5) is 0. The van der Waals surface area contributed by atoms with Crippen molar-refractivity contribution >= 4 is 23.2 Å². The standard InChI is InChI=1S/C12H15Cl2NO2/c13-8-1-2-11(14)10(5-8)12(16)6-9-7-17-4-3-15-9/h1-2,5,9,12,15-16H,3-4,6-7H2. The number of benzene rings is 1. The Kier molecular flexibility index (Phi) is 4.65. The number of halogens is 2. The second-order valence-corrected chi connectivity index (χ2v) is 4.99. The van der Waals surface area contributed by atoms with Crippen LogP contribution in [0.3, 0.4) is 0 Å². The quantitative estimate of drug-likeness (QED) is 0.890. The monoisotopic (exact) mass is 275 g/mol. The fourth-order valence-corrected chi connectivity index (χ4v) is 2.36. The molecule has 1 aliphatic heterocycles. The lowest BCUT2D eigenvalue weighted by atomic mass is 10.0. The summed E-state index contributed by atoms with van der Waals surface area (Å²) in [5.41, 5.74) is 0.673. The molecule has 1 heterocycles. The number of morpholine rings is 1. The van der Waals surface area contributed by atoms with Crippen LogP contribution in [0.5, 0.6) is 0 Å². The highest BCUT2D eigenvalue weighted by Gasteiger charge is 2.20. The molecule has 0 spiro atoms. The van der Waals surface area contributed by atoms with Gasteiger partial charge < -0.3 is 15.2 Å². The Bertz CT molecular complexity index is 381. The van der Waals surface area contributed by atoms with Gasteiger partial charge in [0.2, 0.25) is 0 Å². The van der Waals surface area contributed by atoms with Gasteiger partial charge in [0.05, 0.1) is 19.3 Å². The second kappa shape index (κ2) is 6.03. The van der Waals surface area contributed by atoms with Crippen molar-refractivity contribution in [2.45, 2.75) is 18.6 Å². The lowest BCUT2D eigenvalue weighted by Crippen LogP contribution is -2.42. The van der Waals surface area contributed by atoms with Gasteiger partial charge in [-0.15, -0.1) is 0 Å². The van der Waals surface area contributed by atoms with Gasteiger partial charge in [-0.2, -0.15) is 0 Å². The third kappa shape index (κ3) is 3.57. The van der Waals surface area contributed by atoms with E-state index in [1.165, 1.54) is 0 Å². The summed E-state index contributed by atoms with van der Waals surface area (Å²) in [6.45, 7) is 2.17. The molecule has 0 radical (unpaired) electrons. The van der Waals surface area contributed by atoms with Crippen LogP contribution < -0.4 is 5.32 Å². The topological polar surface area (TPSA) is 41.5 Å². The number of nitrogens with one attached hydrogen (secondary N) is 1. The fraction of sp³-hybridized carbons (Fsp3) is 0.500. The van der Waals surface area contributed by atoms with Crippen molar-refractivity contribution in [3.05, 3.63) is 33.8 Å². The number of aliphatic hydroxyl groups excluding tert-OH is 1. The highest BCUT2D eigenvalue weighted by atomic mass is 35.5. The largest absolute Gasteiger partial charge is 0.388 e. The van der Waals surface area contributed by atoms with Crippen LogP contribution >= 0.6 is 23.2 Å². The Hall–Kier alpha value is -0.320. The van der Waals surface area contributed by atoms with E-state index < -0.39 is 6.10 Å². The van der Waals surface area contributed by atoms with Gasteiger partial charge in [0.15, 0.2) is 0 Å². The molecule has 1 fully saturated rings. The highest BCUT2D eigenvalue weighted by molar-refractivity contribution is 6.33. The van der Waals surface area contributed by atoms with Crippen LogP contribution in [0.2, 0.25) is 10.0 Å². The third-order valence-electron chi connectivity index (χ3n) is 2.82. The van der Waals surface area contributed by atoms with Crippen molar-refractivity contribution in [3.63, 3.8) is 0 Å². The van der Waals surface area contributed by atoms with Crippen LogP contribution in [0.25, 0.3) is 0 Å². The molecule has 0 bridgehead atoms. The number of ether oxygens (including phenoxy) is 1. The Labute approximate surface area is 111 Å². The van der Waals surface area contributed by atoms with E-state index in [2.05, 4.69) is 5.32 Å². The first-order valence-corrected chi connectivity index (χ1v) is 6.36. The van der Waals surface area contributed by atoms with Gasteiger partial charge in [0, 0.05) is 28.2 Å². The van der Waals surface area contributed by atoms with Gasteiger partial charge in [0.25, 0.3) is 0 Å². The van der Waals surface area contributed by atoms with E-state index in [1.54, 1.807) is 18.2 Å². The first-order valence-electron chi connectivity index (χ1n) is 5.61. The van der Waals surface area contributed by atoms with Crippen molar-refractivity contribution in [2.24, 2.45) is 0 Å². The van der Waals surface area contributed by atoms with Crippen LogP contribution in [0.1, 0.15) is 18.1 Å². The van der Waals surface area contributed by atoms with Crippen molar-refractivity contribution in [2.75, 3.05) is 19.8 Å². The van der Waals surface area contributed by atoms with Gasteiger partial charge >= 0.3 is 0 Å². The molecule has 5 heteroatoms. The maximum atomic E-state index is 10.1. The van der Waals surface area contributed by atoms with Crippen molar-refractivity contribution < 1.29 is 9.84 Å². The predicted octanol–water partition coefficient (Wildman–Crippen LogP) is 2.41. The predicted molar refractivity (Wildman–Crippen MR) is 68.6 cm³/mol. The summed E-state index contributed by atoms with van der Waals surface area (Å²) in [7, 11) is 0. The molecule has 2 atom stereocenters. The van der Waals surface area contributed by atoms with E-state index in [0.717, 1.165) is 13.2 Å². The molecule has 2 unspecified atom stereocenters. The summed E-state index contributed by atoms with van der Waals surface area (Å²) >= 11 is 11.9. The minimum atomic E-state index is -0.625. The smallest absolute Gasteiger partial charge is 0.0820 e. The normalized spacial score (nSPS) is 22.4. The van der Waals surface area contributed by atoms with Crippen LogP contribution in [-0.2, 0) is 4.74 Å². The number of hydrogen-bond donors (Lipinski definition) is 2. The number of rotatable bonds is 3. The zero-order valence-corrected chi connectivity index (χ0v) is 10.8. The van der Waals surface area contributed by atoms with Gasteiger partial charge in [-0.1, -0.05) is 23.2 Å². The Morgan fingerprint density at radius 3 is 3.00 bits per heavy atom. The molecule has 0 saturated carbocycles. The first-order chi connectivity index (χ1) is 8.16. The van der Waals surface area contributed by atoms with Crippen LogP contribution in [0, 0.1) is 0 Å². The molecular weight excluding hydrogens is 261 g/mol. The maximum absolute atomic E-state index is 10.1. The first kappa shape index (κ1) is 13.1. The average Bonchev–Trinajstić information content (AvgIpc) is 2.33. The molecule has 1 aromatic carbocycles. The molecule has 2 rings (SSSR count). The van der Waals surface area contributed by atoms with Crippen molar-refractivity contribution in [1.29, 1.82) is 0 Å². The maximum Gasteiger partial charge on any atom is 0.0820 e. The Morgan fingerprint density at radius 1 is 1.47 bits per heavy atom. The Balaban J connectivity index is 2.02. The molecular formula is C12H15Cl2NO2. The fourth-order valence-electron chi connectivity index (χ4n) is 1.94. The lowest BCUT2D eigenvalue weighted by molar-refractivity contribution is 0.0519. The van der Waals surface area contributed by atoms with Gasteiger partial charge in [0.1, 0.15) is 0 Å². The lowest BCUT2D eigenvalue weighted by Gasteiger charge is -2.26. The van der Waals surface area contributed by atoms with Gasteiger partial charge in [-0.25, -0.2) is 0 Å². The SMILES string of the molecule is OC(CC1COCCN1)c1cc(Cl)ccc1Cl. The van der Waals surface area contributed by atoms with E-state index in [0.29, 0.717) is 28.6 Å². The number of hydrogen-bond acceptors (Lipinski definition) is 3. The Morgan fingerprint density at radius 2 is 2.29 bits per heavy atom. The van der Waals surface area contributed by atoms with Crippen molar-refractivity contribution in [1.82, 2.24) is 5.32 Å². The van der Waals surface area contributed by atoms with Crippen LogP contribution in [-0.4, -0.2) is 30.9 Å². The van der Waals surface area contributed by atoms with E-state index in [-0.39, 0.29) is 6.04 Å². The highest BCUT2D eigenvalue weighted by Crippen LogP contribution is 2.29. The average molecular weight is 276 g/mol. The molecule has 0 amide bonds. The summed E-state index contributed by atoms with van der Waals surface area (Å²) in [6, 6.07) is 5.28. The summed E-state index contributed by atoms with van der Waals surface area (Å²) in [6.07, 6.45) is -0.0551. The zero-order chi connectivity index (χ0) is 12.3. The van der Waals surface area contributed by atoms with Crippen LogP contribution in [0.4, 0.5) is 0 Å². The molecule has 17 heavy (non-hydrogen) atoms. The summed E-state index contributed by atoms with van der Waals surface area (Å²) < 4.78 is 5.34. The van der Waals surface area contributed by atoms with E-state index in [4.69, 9.17) is 27.9 Å². The molecule has 1 aromatic rings. The molecule has 0 aliphatic carbocycles. The molecule has 2 N–H and O–H groups in total. The third-order valence-corrected chi connectivity index (χ3v) is 3.40. The minimum Gasteiger partial charge on any atom is -0.388 e. The second-order valence-electron chi connectivity index (χ2n) is 4.14. The molecule has 1 saturated heterocycles. The minimum absolute atomic E-state index is 0.161. The molecule has 0 aromatic heterocycles. The zero-order valence-electron chi connectivity index (χ0n) is 9.33. The van der Waals surface area contributed by atoms with Gasteiger partial charge in [-0.05, 0) is 24.6 Å². The van der Waals surface area contributed by atoms with E-state index >= 15 is 0 Å². The van der Waals surface area contributed by atoms with Crippen LogP contribution in [0.15, 0.2) is 18.2 Å². The molecule has 3 nitrogen and oxygen atoms in total. The molecule has 94 valence electrons. The van der Waals surface area contributed by atoms with Crippen molar-refractivity contribution in [3.8, 4) is 0 Å². The summed E-state index contributed by atoms with van der Waals surface area (Å²) in [5.74, 6) is 0. The molecule has 1 aliphatic rings.